The summed E-state index contributed by atoms with van der Waals surface area (Å²) in [5, 5.41) is 2.59. The third-order valence-corrected chi connectivity index (χ3v) is 4.83. The van der Waals surface area contributed by atoms with Gasteiger partial charge in [0.05, 0.1) is 18.4 Å². The molecule has 1 aliphatic heterocycles. The standard InChI is InChI=1S/C23H23NO2/c1-23(2)14-21-19-7-5-4-6-16(19)8-13-20(21)22(24-23)15-26-18-11-9-17(25-3)10-12-18/h4-13H,14-15H2,1-3H3. The highest BCUT2D eigenvalue weighted by Crippen LogP contribution is 2.32. The molecule has 132 valence electrons. The zero-order valence-electron chi connectivity index (χ0n) is 15.5. The number of benzene rings is 3. The number of methoxy groups -OCH3 is 1. The molecule has 4 rings (SSSR count). The fourth-order valence-corrected chi connectivity index (χ4v) is 3.63. The number of aliphatic imine (C=N–C) groups is 1. The van der Waals surface area contributed by atoms with Gasteiger partial charge in [-0.05, 0) is 60.9 Å². The van der Waals surface area contributed by atoms with E-state index in [2.05, 4.69) is 50.2 Å². The van der Waals surface area contributed by atoms with Crippen LogP contribution in [0.15, 0.2) is 65.7 Å². The summed E-state index contributed by atoms with van der Waals surface area (Å²) < 4.78 is 11.2. The van der Waals surface area contributed by atoms with Crippen molar-refractivity contribution in [1.29, 1.82) is 0 Å². The van der Waals surface area contributed by atoms with E-state index in [1.54, 1.807) is 7.11 Å². The largest absolute Gasteiger partial charge is 0.497 e. The molecule has 3 aromatic carbocycles. The van der Waals surface area contributed by atoms with Crippen LogP contribution in [0.5, 0.6) is 11.5 Å². The molecule has 26 heavy (non-hydrogen) atoms. The van der Waals surface area contributed by atoms with Gasteiger partial charge in [0.2, 0.25) is 0 Å². The van der Waals surface area contributed by atoms with E-state index in [1.165, 1.54) is 21.9 Å². The van der Waals surface area contributed by atoms with Gasteiger partial charge in [-0.1, -0.05) is 36.4 Å². The molecule has 0 aliphatic carbocycles. The lowest BCUT2D eigenvalue weighted by atomic mass is 9.84. The van der Waals surface area contributed by atoms with Crippen molar-refractivity contribution < 1.29 is 9.47 Å². The van der Waals surface area contributed by atoms with Gasteiger partial charge in [-0.3, -0.25) is 4.99 Å². The quantitative estimate of drug-likeness (QED) is 0.662. The van der Waals surface area contributed by atoms with Crippen LogP contribution < -0.4 is 9.47 Å². The second-order valence-corrected chi connectivity index (χ2v) is 7.32. The van der Waals surface area contributed by atoms with Crippen LogP contribution in [-0.2, 0) is 6.42 Å². The first-order valence-corrected chi connectivity index (χ1v) is 8.92. The number of rotatable bonds is 4. The molecule has 0 bridgehead atoms. The summed E-state index contributed by atoms with van der Waals surface area (Å²) in [5.74, 6) is 1.64. The molecule has 0 radical (unpaired) electrons. The molecule has 1 heterocycles. The van der Waals surface area contributed by atoms with Gasteiger partial charge in [0.25, 0.3) is 0 Å². The lowest BCUT2D eigenvalue weighted by Crippen LogP contribution is -2.31. The summed E-state index contributed by atoms with van der Waals surface area (Å²) in [6.07, 6.45) is 0.940. The predicted molar refractivity (Wildman–Crippen MR) is 107 cm³/mol. The second-order valence-electron chi connectivity index (χ2n) is 7.32. The van der Waals surface area contributed by atoms with Crippen molar-refractivity contribution in [2.24, 2.45) is 4.99 Å². The Balaban J connectivity index is 1.67. The Hall–Kier alpha value is -2.81. The maximum atomic E-state index is 6.02. The molecule has 0 unspecified atom stereocenters. The van der Waals surface area contributed by atoms with Crippen LogP contribution in [0.3, 0.4) is 0 Å². The van der Waals surface area contributed by atoms with Gasteiger partial charge in [-0.2, -0.15) is 0 Å². The van der Waals surface area contributed by atoms with Crippen molar-refractivity contribution in [3.8, 4) is 11.5 Å². The van der Waals surface area contributed by atoms with E-state index in [0.717, 1.165) is 23.6 Å². The van der Waals surface area contributed by atoms with Crippen molar-refractivity contribution in [3.63, 3.8) is 0 Å². The Bertz CT molecular complexity index is 971. The maximum absolute atomic E-state index is 6.02. The Morgan fingerprint density at radius 2 is 1.65 bits per heavy atom. The molecule has 3 nitrogen and oxygen atoms in total. The smallest absolute Gasteiger partial charge is 0.130 e. The highest BCUT2D eigenvalue weighted by atomic mass is 16.5. The van der Waals surface area contributed by atoms with E-state index in [9.17, 15) is 0 Å². The molecule has 0 N–H and O–H groups in total. The molecule has 3 heteroatoms. The lowest BCUT2D eigenvalue weighted by Gasteiger charge is -2.30. The minimum atomic E-state index is -0.129. The number of fused-ring (bicyclic) bond motifs is 3. The number of hydrogen-bond acceptors (Lipinski definition) is 3. The summed E-state index contributed by atoms with van der Waals surface area (Å²) in [5.41, 5.74) is 3.46. The number of hydrogen-bond donors (Lipinski definition) is 0. The van der Waals surface area contributed by atoms with Gasteiger partial charge in [-0.15, -0.1) is 0 Å². The molecule has 3 aromatic rings. The van der Waals surface area contributed by atoms with E-state index in [4.69, 9.17) is 14.5 Å². The van der Waals surface area contributed by atoms with Crippen molar-refractivity contribution >= 4 is 16.5 Å². The monoisotopic (exact) mass is 345 g/mol. The molecular weight excluding hydrogens is 322 g/mol. The van der Waals surface area contributed by atoms with Gasteiger partial charge in [-0.25, -0.2) is 0 Å². The Kier molecular flexibility index (Phi) is 4.15. The van der Waals surface area contributed by atoms with Crippen LogP contribution in [0.25, 0.3) is 10.8 Å². The summed E-state index contributed by atoms with van der Waals surface area (Å²) in [6, 6.07) is 20.6. The SMILES string of the molecule is COc1ccc(OCC2=NC(C)(C)Cc3c2ccc2ccccc32)cc1. The van der Waals surface area contributed by atoms with E-state index in [0.29, 0.717) is 6.61 Å². The van der Waals surface area contributed by atoms with Crippen LogP contribution in [0.4, 0.5) is 0 Å². The zero-order valence-corrected chi connectivity index (χ0v) is 15.5. The predicted octanol–water partition coefficient (Wildman–Crippen LogP) is 5.05. The normalized spacial score (nSPS) is 15.3. The molecule has 0 aromatic heterocycles. The third kappa shape index (κ3) is 3.17. The zero-order chi connectivity index (χ0) is 18.1. The van der Waals surface area contributed by atoms with Crippen molar-refractivity contribution in [2.75, 3.05) is 13.7 Å². The van der Waals surface area contributed by atoms with Crippen molar-refractivity contribution in [3.05, 3.63) is 71.8 Å². The van der Waals surface area contributed by atoms with Gasteiger partial charge in [0, 0.05) is 5.56 Å². The van der Waals surface area contributed by atoms with E-state index in [-0.39, 0.29) is 5.54 Å². The van der Waals surface area contributed by atoms with Gasteiger partial charge in [0.15, 0.2) is 0 Å². The van der Waals surface area contributed by atoms with Crippen LogP contribution in [-0.4, -0.2) is 25.0 Å². The first-order valence-electron chi connectivity index (χ1n) is 8.92. The van der Waals surface area contributed by atoms with Crippen molar-refractivity contribution in [2.45, 2.75) is 25.8 Å². The number of nitrogens with zero attached hydrogens (tertiary/aromatic N) is 1. The van der Waals surface area contributed by atoms with E-state index >= 15 is 0 Å². The minimum absolute atomic E-state index is 0.129. The molecule has 0 amide bonds. The summed E-state index contributed by atoms with van der Waals surface area (Å²) >= 11 is 0. The average molecular weight is 345 g/mol. The first kappa shape index (κ1) is 16.6. The number of ether oxygens (including phenoxy) is 2. The average Bonchev–Trinajstić information content (AvgIpc) is 2.65. The topological polar surface area (TPSA) is 30.8 Å². The fourth-order valence-electron chi connectivity index (χ4n) is 3.63. The molecular formula is C23H23NO2. The minimum Gasteiger partial charge on any atom is -0.497 e. The molecule has 1 aliphatic rings. The van der Waals surface area contributed by atoms with E-state index in [1.807, 2.05) is 24.3 Å². The highest BCUT2D eigenvalue weighted by Gasteiger charge is 2.28. The molecule has 0 saturated carbocycles. The first-order chi connectivity index (χ1) is 12.6. The van der Waals surface area contributed by atoms with Crippen molar-refractivity contribution in [1.82, 2.24) is 0 Å². The summed E-state index contributed by atoms with van der Waals surface area (Å²) in [6.45, 7) is 4.83. The molecule has 0 saturated heterocycles. The molecule has 0 spiro atoms. The van der Waals surface area contributed by atoms with Crippen LogP contribution in [0, 0.1) is 0 Å². The molecule has 0 atom stereocenters. The third-order valence-electron chi connectivity index (χ3n) is 4.83. The Morgan fingerprint density at radius 1 is 0.923 bits per heavy atom. The Morgan fingerprint density at radius 3 is 2.42 bits per heavy atom. The van der Waals surface area contributed by atoms with Gasteiger partial charge in [0.1, 0.15) is 18.1 Å². The molecule has 0 fully saturated rings. The van der Waals surface area contributed by atoms with E-state index < -0.39 is 0 Å². The van der Waals surface area contributed by atoms with Gasteiger partial charge < -0.3 is 9.47 Å². The highest BCUT2D eigenvalue weighted by molar-refractivity contribution is 6.07. The fraction of sp³-hybridized carbons (Fsp3) is 0.261. The summed E-state index contributed by atoms with van der Waals surface area (Å²) in [7, 11) is 1.66. The second kappa shape index (κ2) is 6.49. The van der Waals surface area contributed by atoms with Gasteiger partial charge >= 0.3 is 0 Å². The van der Waals surface area contributed by atoms with Crippen LogP contribution in [0.2, 0.25) is 0 Å². The summed E-state index contributed by atoms with van der Waals surface area (Å²) in [4.78, 5) is 4.98. The van der Waals surface area contributed by atoms with Crippen LogP contribution >= 0.6 is 0 Å². The lowest BCUT2D eigenvalue weighted by molar-refractivity contribution is 0.370. The maximum Gasteiger partial charge on any atom is 0.130 e. The van der Waals surface area contributed by atoms with Crippen LogP contribution in [0.1, 0.15) is 25.0 Å². The Labute approximate surface area is 154 Å².